The van der Waals surface area contributed by atoms with Crippen LogP contribution in [0.5, 0.6) is 11.5 Å². The Bertz CT molecular complexity index is 1030. The summed E-state index contributed by atoms with van der Waals surface area (Å²) in [6, 6.07) is 12.2. The van der Waals surface area contributed by atoms with Crippen LogP contribution < -0.4 is 20.0 Å². The van der Waals surface area contributed by atoms with Crippen LogP contribution >= 0.6 is 0 Å². The monoisotopic (exact) mass is 367 g/mol. The van der Waals surface area contributed by atoms with E-state index in [9.17, 15) is 14.7 Å². The SMILES string of the molecule is CCc1ccc2oc(-c3ccc(OC)cc3)c(O[C@H](C)C(=O)[O-])c(=O)c2c1. The molecule has 0 saturated heterocycles. The van der Waals surface area contributed by atoms with E-state index >= 15 is 0 Å². The Labute approximate surface area is 156 Å². The molecule has 6 nitrogen and oxygen atoms in total. The number of fused-ring (bicyclic) bond motifs is 1. The highest BCUT2D eigenvalue weighted by Gasteiger charge is 2.20. The highest BCUT2D eigenvalue weighted by Crippen LogP contribution is 2.32. The lowest BCUT2D eigenvalue weighted by atomic mass is 10.1. The van der Waals surface area contributed by atoms with E-state index in [2.05, 4.69) is 0 Å². The molecule has 140 valence electrons. The van der Waals surface area contributed by atoms with Crippen molar-refractivity contribution in [2.24, 2.45) is 0 Å². The van der Waals surface area contributed by atoms with Gasteiger partial charge in [0, 0.05) is 5.56 Å². The minimum Gasteiger partial charge on any atom is -0.546 e. The first-order chi connectivity index (χ1) is 12.9. The molecule has 3 aromatic rings. The summed E-state index contributed by atoms with van der Waals surface area (Å²) in [5, 5.41) is 11.5. The molecular formula is C21H19O6-. The second-order valence-electron chi connectivity index (χ2n) is 6.08. The van der Waals surface area contributed by atoms with Crippen molar-refractivity contribution in [3.05, 3.63) is 58.3 Å². The van der Waals surface area contributed by atoms with E-state index in [0.29, 0.717) is 22.3 Å². The number of hydrogen-bond acceptors (Lipinski definition) is 6. The number of aliphatic carboxylic acids is 1. The molecular weight excluding hydrogens is 348 g/mol. The highest BCUT2D eigenvalue weighted by atomic mass is 16.5. The number of benzene rings is 2. The largest absolute Gasteiger partial charge is 0.546 e. The molecule has 6 heteroatoms. The van der Waals surface area contributed by atoms with Gasteiger partial charge in [-0.1, -0.05) is 13.0 Å². The molecule has 0 spiro atoms. The lowest BCUT2D eigenvalue weighted by Gasteiger charge is -2.17. The van der Waals surface area contributed by atoms with Crippen LogP contribution in [0.1, 0.15) is 19.4 Å². The number of carboxylic acids is 1. The lowest BCUT2D eigenvalue weighted by molar-refractivity contribution is -0.312. The predicted octanol–water partition coefficient (Wildman–Crippen LogP) is 2.55. The first-order valence-corrected chi connectivity index (χ1v) is 8.56. The quantitative estimate of drug-likeness (QED) is 0.665. The summed E-state index contributed by atoms with van der Waals surface area (Å²) in [6.07, 6.45) is -0.557. The van der Waals surface area contributed by atoms with Gasteiger partial charge in [0.1, 0.15) is 17.4 Å². The van der Waals surface area contributed by atoms with Gasteiger partial charge >= 0.3 is 0 Å². The molecule has 1 aromatic heterocycles. The number of hydrogen-bond donors (Lipinski definition) is 0. The molecule has 27 heavy (non-hydrogen) atoms. The topological polar surface area (TPSA) is 88.8 Å². The fraction of sp³-hybridized carbons (Fsp3) is 0.238. The molecule has 0 N–H and O–H groups in total. The number of carboxylic acid groups (broad SMARTS) is 1. The van der Waals surface area contributed by atoms with Crippen LogP contribution in [0.15, 0.2) is 51.7 Å². The van der Waals surface area contributed by atoms with Crippen molar-refractivity contribution in [1.82, 2.24) is 0 Å². The van der Waals surface area contributed by atoms with Crippen LogP contribution in [0.2, 0.25) is 0 Å². The first kappa shape index (κ1) is 18.5. The molecule has 2 aromatic carbocycles. The maximum atomic E-state index is 13.0. The summed E-state index contributed by atoms with van der Waals surface area (Å²) in [5.74, 6) is -0.775. The summed E-state index contributed by atoms with van der Waals surface area (Å²) in [7, 11) is 1.55. The van der Waals surface area contributed by atoms with E-state index in [4.69, 9.17) is 13.9 Å². The van der Waals surface area contributed by atoms with Gasteiger partial charge < -0.3 is 23.8 Å². The van der Waals surface area contributed by atoms with Crippen LogP contribution in [0, 0.1) is 0 Å². The van der Waals surface area contributed by atoms with Crippen LogP contribution in [-0.4, -0.2) is 19.2 Å². The zero-order valence-corrected chi connectivity index (χ0v) is 15.3. The van der Waals surface area contributed by atoms with E-state index in [1.165, 1.54) is 6.92 Å². The minimum absolute atomic E-state index is 0.155. The van der Waals surface area contributed by atoms with Gasteiger partial charge in [-0.2, -0.15) is 0 Å². The molecule has 1 atom stereocenters. The van der Waals surface area contributed by atoms with Crippen molar-refractivity contribution in [1.29, 1.82) is 0 Å². The van der Waals surface area contributed by atoms with E-state index in [-0.39, 0.29) is 11.5 Å². The highest BCUT2D eigenvalue weighted by molar-refractivity contribution is 5.83. The van der Waals surface area contributed by atoms with Crippen molar-refractivity contribution >= 4 is 16.9 Å². The Morgan fingerprint density at radius 3 is 2.48 bits per heavy atom. The summed E-state index contributed by atoms with van der Waals surface area (Å²) in [6.45, 7) is 3.28. The van der Waals surface area contributed by atoms with Gasteiger partial charge in [-0.25, -0.2) is 0 Å². The molecule has 0 unspecified atom stereocenters. The van der Waals surface area contributed by atoms with Gasteiger partial charge in [0.15, 0.2) is 5.76 Å². The van der Waals surface area contributed by atoms with Gasteiger partial charge in [-0.05, 0) is 55.3 Å². The van der Waals surface area contributed by atoms with E-state index in [1.54, 1.807) is 43.5 Å². The molecule has 0 amide bonds. The Morgan fingerprint density at radius 2 is 1.89 bits per heavy atom. The van der Waals surface area contributed by atoms with Gasteiger partial charge in [0.05, 0.1) is 18.5 Å². The minimum atomic E-state index is -1.42. The molecule has 0 saturated carbocycles. The van der Waals surface area contributed by atoms with E-state index < -0.39 is 17.5 Å². The summed E-state index contributed by atoms with van der Waals surface area (Å²) in [4.78, 5) is 24.2. The molecule has 0 aliphatic heterocycles. The number of methoxy groups -OCH3 is 1. The van der Waals surface area contributed by atoms with Gasteiger partial charge in [0.25, 0.3) is 0 Å². The Kier molecular flexibility index (Phi) is 5.16. The second kappa shape index (κ2) is 7.53. The normalized spacial score (nSPS) is 12.0. The third-order valence-electron chi connectivity index (χ3n) is 4.30. The summed E-state index contributed by atoms with van der Waals surface area (Å²) in [5.41, 5.74) is 1.50. The molecule has 1 heterocycles. The van der Waals surface area contributed by atoms with Crippen LogP contribution in [0.25, 0.3) is 22.3 Å². The molecule has 3 rings (SSSR count). The third-order valence-corrected chi connectivity index (χ3v) is 4.30. The van der Waals surface area contributed by atoms with E-state index in [1.807, 2.05) is 13.0 Å². The Hall–Kier alpha value is -3.28. The van der Waals surface area contributed by atoms with Crippen molar-refractivity contribution in [2.75, 3.05) is 7.11 Å². The van der Waals surface area contributed by atoms with Gasteiger partial charge in [0.2, 0.25) is 11.2 Å². The standard InChI is InChI=1S/C21H20O6/c1-4-13-5-10-17-16(11-13)18(22)20(26-12(2)21(23)24)19(27-17)14-6-8-15(25-3)9-7-14/h5-12H,4H2,1-3H3,(H,23,24)/p-1/t12-/m1/s1. The average Bonchev–Trinajstić information content (AvgIpc) is 2.69. The predicted molar refractivity (Wildman–Crippen MR) is 98.9 cm³/mol. The number of ether oxygens (including phenoxy) is 2. The number of carbonyl (C=O) groups excluding carboxylic acids is 1. The van der Waals surface area contributed by atoms with E-state index in [0.717, 1.165) is 12.0 Å². The van der Waals surface area contributed by atoms with Crippen LogP contribution in [-0.2, 0) is 11.2 Å². The Morgan fingerprint density at radius 1 is 1.19 bits per heavy atom. The number of rotatable bonds is 6. The maximum absolute atomic E-state index is 13.0. The number of aryl methyl sites for hydroxylation is 1. The summed E-state index contributed by atoms with van der Waals surface area (Å²) < 4.78 is 16.5. The van der Waals surface area contributed by atoms with Crippen LogP contribution in [0.4, 0.5) is 0 Å². The zero-order chi connectivity index (χ0) is 19.6. The molecule has 0 radical (unpaired) electrons. The summed E-state index contributed by atoms with van der Waals surface area (Å²) >= 11 is 0. The van der Waals surface area contributed by atoms with Crippen molar-refractivity contribution < 1.29 is 23.8 Å². The lowest BCUT2D eigenvalue weighted by Crippen LogP contribution is -2.38. The second-order valence-corrected chi connectivity index (χ2v) is 6.08. The number of carbonyl (C=O) groups is 1. The van der Waals surface area contributed by atoms with Crippen molar-refractivity contribution in [3.63, 3.8) is 0 Å². The molecule has 0 aliphatic carbocycles. The smallest absolute Gasteiger partial charge is 0.235 e. The van der Waals surface area contributed by atoms with Crippen molar-refractivity contribution in [3.8, 4) is 22.8 Å². The van der Waals surface area contributed by atoms with Crippen LogP contribution in [0.3, 0.4) is 0 Å². The Balaban J connectivity index is 2.25. The zero-order valence-electron chi connectivity index (χ0n) is 15.3. The third kappa shape index (κ3) is 3.65. The fourth-order valence-corrected chi connectivity index (χ4v) is 2.71. The van der Waals surface area contributed by atoms with Crippen molar-refractivity contribution in [2.45, 2.75) is 26.4 Å². The van der Waals surface area contributed by atoms with Gasteiger partial charge in [-0.15, -0.1) is 0 Å². The molecule has 0 fully saturated rings. The molecule has 0 bridgehead atoms. The fourth-order valence-electron chi connectivity index (χ4n) is 2.71. The van der Waals surface area contributed by atoms with Gasteiger partial charge in [-0.3, -0.25) is 4.79 Å². The average molecular weight is 367 g/mol. The first-order valence-electron chi connectivity index (χ1n) is 8.56. The maximum Gasteiger partial charge on any atom is 0.235 e. The molecule has 0 aliphatic rings.